The van der Waals surface area contributed by atoms with Crippen LogP contribution in [-0.4, -0.2) is 31.4 Å². The van der Waals surface area contributed by atoms with Gasteiger partial charge in [-0.1, -0.05) is 6.07 Å². The molecule has 2 N–H and O–H groups in total. The average Bonchev–Trinajstić information content (AvgIpc) is 2.31. The molecule has 19 heavy (non-hydrogen) atoms. The lowest BCUT2D eigenvalue weighted by Gasteiger charge is -2.29. The maximum atomic E-state index is 12.3. The smallest absolute Gasteiger partial charge is 0.404 e. The van der Waals surface area contributed by atoms with E-state index in [0.717, 1.165) is 31.5 Å². The summed E-state index contributed by atoms with van der Waals surface area (Å²) in [5.41, 5.74) is 6.39. The van der Waals surface area contributed by atoms with E-state index in [4.69, 9.17) is 5.73 Å². The van der Waals surface area contributed by atoms with Crippen molar-refractivity contribution in [2.24, 2.45) is 0 Å². The highest BCUT2D eigenvalue weighted by Crippen LogP contribution is 2.34. The van der Waals surface area contributed by atoms with Gasteiger partial charge in [0.1, 0.15) is 0 Å². The molecule has 1 aromatic rings. The van der Waals surface area contributed by atoms with E-state index in [9.17, 15) is 13.2 Å². The first-order chi connectivity index (χ1) is 8.85. The van der Waals surface area contributed by atoms with Crippen LogP contribution in [-0.2, 0) is 0 Å². The SMILES string of the molecule is CN1CCC(c2ccc(N)c(OC(F)(F)F)c2)CC1. The predicted molar refractivity (Wildman–Crippen MR) is 67.0 cm³/mol. The molecule has 1 aliphatic heterocycles. The number of halogens is 3. The standard InChI is InChI=1S/C13H17F3N2O/c1-18-6-4-9(5-7-18)10-2-3-11(17)12(8-10)19-13(14,15)16/h2-3,8-9H,4-7,17H2,1H3. The summed E-state index contributed by atoms with van der Waals surface area (Å²) in [6, 6.07) is 4.68. The molecule has 1 fully saturated rings. The Morgan fingerprint density at radius 1 is 1.26 bits per heavy atom. The van der Waals surface area contributed by atoms with Crippen molar-refractivity contribution >= 4 is 5.69 Å². The summed E-state index contributed by atoms with van der Waals surface area (Å²) in [6.45, 7) is 1.90. The van der Waals surface area contributed by atoms with Crippen molar-refractivity contribution in [3.63, 3.8) is 0 Å². The van der Waals surface area contributed by atoms with Crippen molar-refractivity contribution < 1.29 is 17.9 Å². The van der Waals surface area contributed by atoms with Crippen molar-refractivity contribution in [2.75, 3.05) is 25.9 Å². The summed E-state index contributed by atoms with van der Waals surface area (Å²) in [7, 11) is 2.04. The molecule has 0 aromatic heterocycles. The fourth-order valence-corrected chi connectivity index (χ4v) is 2.36. The summed E-state index contributed by atoms with van der Waals surface area (Å²) in [5, 5.41) is 0. The molecule has 1 heterocycles. The zero-order chi connectivity index (χ0) is 14.0. The maximum absolute atomic E-state index is 12.3. The van der Waals surface area contributed by atoms with Gasteiger partial charge in [-0.15, -0.1) is 13.2 Å². The Kier molecular flexibility index (Phi) is 3.89. The molecule has 0 unspecified atom stereocenters. The minimum atomic E-state index is -4.71. The molecule has 1 saturated heterocycles. The van der Waals surface area contributed by atoms with Gasteiger partial charge in [0.2, 0.25) is 0 Å². The van der Waals surface area contributed by atoms with Crippen molar-refractivity contribution in [2.45, 2.75) is 25.1 Å². The van der Waals surface area contributed by atoms with Crippen molar-refractivity contribution in [3.05, 3.63) is 23.8 Å². The topological polar surface area (TPSA) is 38.5 Å². The molecule has 6 heteroatoms. The van der Waals surface area contributed by atoms with Crippen LogP contribution in [0.4, 0.5) is 18.9 Å². The number of nitrogens with two attached hydrogens (primary N) is 1. The first kappa shape index (κ1) is 14.0. The third-order valence-electron chi connectivity index (χ3n) is 3.45. The molecule has 0 amide bonds. The van der Waals surface area contributed by atoms with Crippen molar-refractivity contribution in [3.8, 4) is 5.75 Å². The van der Waals surface area contributed by atoms with Crippen LogP contribution >= 0.6 is 0 Å². The molecular formula is C13H17F3N2O. The second-order valence-electron chi connectivity index (χ2n) is 4.92. The van der Waals surface area contributed by atoms with Gasteiger partial charge in [-0.05, 0) is 56.6 Å². The Bertz CT molecular complexity index is 440. The Balaban J connectivity index is 2.16. The van der Waals surface area contributed by atoms with Crippen LogP contribution < -0.4 is 10.5 Å². The van der Waals surface area contributed by atoms with Gasteiger partial charge in [-0.2, -0.15) is 0 Å². The average molecular weight is 274 g/mol. The lowest BCUT2D eigenvalue weighted by atomic mass is 9.89. The van der Waals surface area contributed by atoms with Crippen LogP contribution in [0.25, 0.3) is 0 Å². The number of nitrogen functional groups attached to an aromatic ring is 1. The number of anilines is 1. The summed E-state index contributed by atoms with van der Waals surface area (Å²) in [4.78, 5) is 2.21. The van der Waals surface area contributed by atoms with E-state index >= 15 is 0 Å². The fourth-order valence-electron chi connectivity index (χ4n) is 2.36. The number of nitrogens with zero attached hydrogens (tertiary/aromatic N) is 1. The molecule has 0 aliphatic carbocycles. The normalized spacial score (nSPS) is 18.5. The molecule has 0 radical (unpaired) electrons. The minimum absolute atomic E-state index is 0.00834. The van der Waals surface area contributed by atoms with Crippen LogP contribution in [0.2, 0.25) is 0 Å². The zero-order valence-corrected chi connectivity index (χ0v) is 10.7. The van der Waals surface area contributed by atoms with Crippen LogP contribution in [0.3, 0.4) is 0 Å². The number of rotatable bonds is 2. The van der Waals surface area contributed by atoms with Gasteiger partial charge in [0.25, 0.3) is 0 Å². The van der Waals surface area contributed by atoms with Gasteiger partial charge in [-0.3, -0.25) is 0 Å². The first-order valence-electron chi connectivity index (χ1n) is 6.19. The van der Waals surface area contributed by atoms with E-state index in [-0.39, 0.29) is 17.4 Å². The van der Waals surface area contributed by atoms with Crippen LogP contribution in [0.15, 0.2) is 18.2 Å². The van der Waals surface area contributed by atoms with Gasteiger partial charge in [0, 0.05) is 0 Å². The molecular weight excluding hydrogens is 257 g/mol. The number of hydrogen-bond acceptors (Lipinski definition) is 3. The zero-order valence-electron chi connectivity index (χ0n) is 10.7. The minimum Gasteiger partial charge on any atom is -0.404 e. The highest BCUT2D eigenvalue weighted by Gasteiger charge is 2.32. The maximum Gasteiger partial charge on any atom is 0.573 e. The quantitative estimate of drug-likeness (QED) is 0.843. The van der Waals surface area contributed by atoms with E-state index in [1.807, 2.05) is 7.05 Å². The molecule has 0 spiro atoms. The Labute approximate surface area is 110 Å². The Hall–Kier alpha value is -1.43. The summed E-state index contributed by atoms with van der Waals surface area (Å²) in [6.07, 6.45) is -2.84. The number of ether oxygens (including phenoxy) is 1. The Morgan fingerprint density at radius 2 is 1.89 bits per heavy atom. The second-order valence-corrected chi connectivity index (χ2v) is 4.92. The van der Waals surface area contributed by atoms with E-state index < -0.39 is 6.36 Å². The molecule has 2 rings (SSSR count). The number of piperidine rings is 1. The van der Waals surface area contributed by atoms with Crippen LogP contribution in [0.5, 0.6) is 5.75 Å². The number of likely N-dealkylation sites (tertiary alicyclic amines) is 1. The van der Waals surface area contributed by atoms with Crippen LogP contribution in [0, 0.1) is 0 Å². The number of alkyl halides is 3. The predicted octanol–water partition coefficient (Wildman–Crippen LogP) is 2.98. The van der Waals surface area contributed by atoms with Gasteiger partial charge in [0.15, 0.2) is 5.75 Å². The molecule has 1 aromatic carbocycles. The van der Waals surface area contributed by atoms with E-state index in [1.54, 1.807) is 6.07 Å². The van der Waals surface area contributed by atoms with Gasteiger partial charge < -0.3 is 15.4 Å². The first-order valence-corrected chi connectivity index (χ1v) is 6.19. The third kappa shape index (κ3) is 3.76. The van der Waals surface area contributed by atoms with E-state index in [2.05, 4.69) is 9.64 Å². The van der Waals surface area contributed by atoms with Crippen molar-refractivity contribution in [1.29, 1.82) is 0 Å². The summed E-state index contributed by atoms with van der Waals surface area (Å²) in [5.74, 6) is -0.0312. The van der Waals surface area contributed by atoms with E-state index in [0.29, 0.717) is 0 Å². The molecule has 0 bridgehead atoms. The largest absolute Gasteiger partial charge is 0.573 e. The number of benzene rings is 1. The summed E-state index contributed by atoms with van der Waals surface area (Å²) >= 11 is 0. The molecule has 106 valence electrons. The van der Waals surface area contributed by atoms with Gasteiger partial charge >= 0.3 is 6.36 Å². The third-order valence-corrected chi connectivity index (χ3v) is 3.45. The Morgan fingerprint density at radius 3 is 2.47 bits per heavy atom. The molecule has 1 aliphatic rings. The highest BCUT2D eigenvalue weighted by molar-refractivity contribution is 5.54. The summed E-state index contributed by atoms with van der Waals surface area (Å²) < 4.78 is 40.7. The molecule has 0 atom stereocenters. The van der Waals surface area contributed by atoms with Crippen LogP contribution in [0.1, 0.15) is 24.3 Å². The fraction of sp³-hybridized carbons (Fsp3) is 0.538. The lowest BCUT2D eigenvalue weighted by Crippen LogP contribution is -2.29. The van der Waals surface area contributed by atoms with Crippen molar-refractivity contribution in [1.82, 2.24) is 4.90 Å². The lowest BCUT2D eigenvalue weighted by molar-refractivity contribution is -0.274. The highest BCUT2D eigenvalue weighted by atomic mass is 19.4. The molecule has 3 nitrogen and oxygen atoms in total. The van der Waals surface area contributed by atoms with E-state index in [1.165, 1.54) is 12.1 Å². The second kappa shape index (κ2) is 5.28. The van der Waals surface area contributed by atoms with Gasteiger partial charge in [-0.25, -0.2) is 0 Å². The number of hydrogen-bond donors (Lipinski definition) is 1. The molecule has 0 saturated carbocycles. The monoisotopic (exact) mass is 274 g/mol. The van der Waals surface area contributed by atoms with Gasteiger partial charge in [0.05, 0.1) is 5.69 Å².